The molecule has 0 aromatic rings. The average molecular weight is 356 g/mol. The minimum atomic E-state index is -1.82. The number of rotatable bonds is 0. The SMILES string of the molecule is N=C(N)N.N=C(N)N.NN=C(N)N.NN=C(N)N.O=C(O)C(=O)O. The molecule has 18 heteroatoms. The number of aliphatic carboxylic acids is 2. The number of hydrogen-bond acceptors (Lipinski definition) is 8. The number of nitrogens with zero attached hydrogens (tertiary/aromatic N) is 2. The number of guanidine groups is 4. The van der Waals surface area contributed by atoms with Crippen LogP contribution < -0.4 is 57.6 Å². The quantitative estimate of drug-likeness (QED) is 0.0629. The molecule has 0 saturated carbocycles. The zero-order valence-electron chi connectivity index (χ0n) is 12.4. The molecule has 0 atom stereocenters. The predicted molar refractivity (Wildman–Crippen MR) is 87.5 cm³/mol. The largest absolute Gasteiger partial charge is 0.473 e. The average Bonchev–Trinajstić information content (AvgIpc) is 2.38. The van der Waals surface area contributed by atoms with Crippen molar-refractivity contribution in [2.24, 2.45) is 67.8 Å². The van der Waals surface area contributed by atoms with E-state index in [-0.39, 0.29) is 23.8 Å². The summed E-state index contributed by atoms with van der Waals surface area (Å²) in [5, 5.41) is 32.6. The van der Waals surface area contributed by atoms with Gasteiger partial charge in [-0.05, 0) is 0 Å². The molecule has 0 aromatic heterocycles. The Morgan fingerprint density at radius 3 is 0.708 bits per heavy atom. The van der Waals surface area contributed by atoms with Crippen LogP contribution in [0.5, 0.6) is 0 Å². The van der Waals surface area contributed by atoms with Crippen LogP contribution in [0.3, 0.4) is 0 Å². The van der Waals surface area contributed by atoms with Crippen molar-refractivity contribution < 1.29 is 19.8 Å². The molecule has 0 radical (unpaired) electrons. The van der Waals surface area contributed by atoms with Gasteiger partial charge in [0, 0.05) is 0 Å². The van der Waals surface area contributed by atoms with Crippen molar-refractivity contribution >= 4 is 35.8 Å². The second-order valence-electron chi connectivity index (χ2n) is 2.63. The lowest BCUT2D eigenvalue weighted by molar-refractivity contribution is -0.159. The van der Waals surface area contributed by atoms with E-state index in [1.165, 1.54) is 0 Å². The molecule has 0 aliphatic rings. The highest BCUT2D eigenvalue weighted by molar-refractivity contribution is 6.27. The number of carbonyl (C=O) groups is 2. The third kappa shape index (κ3) is 371. The zero-order valence-corrected chi connectivity index (χ0v) is 12.4. The van der Waals surface area contributed by atoms with Crippen molar-refractivity contribution in [3.63, 3.8) is 0 Å². The summed E-state index contributed by atoms with van der Waals surface area (Å²) in [6, 6.07) is 0. The molecule has 0 amide bonds. The van der Waals surface area contributed by atoms with Crippen molar-refractivity contribution in [2.45, 2.75) is 0 Å². The third-order valence-electron chi connectivity index (χ3n) is 0.481. The van der Waals surface area contributed by atoms with E-state index in [0.717, 1.165) is 0 Å². The van der Waals surface area contributed by atoms with E-state index in [4.69, 9.17) is 53.6 Å². The maximum absolute atomic E-state index is 9.10. The molecule has 18 nitrogen and oxygen atoms in total. The molecule has 0 heterocycles. The van der Waals surface area contributed by atoms with E-state index in [9.17, 15) is 0 Å². The first-order valence-electron chi connectivity index (χ1n) is 4.88. The van der Waals surface area contributed by atoms with Crippen LogP contribution in [0.15, 0.2) is 10.2 Å². The molecule has 0 rings (SSSR count). The van der Waals surface area contributed by atoms with Crippen LogP contribution in [-0.2, 0) is 9.59 Å². The van der Waals surface area contributed by atoms with Crippen LogP contribution in [0.25, 0.3) is 0 Å². The molecule has 24 heavy (non-hydrogen) atoms. The summed E-state index contributed by atoms with van der Waals surface area (Å²) in [5.74, 6) is 4.52. The summed E-state index contributed by atoms with van der Waals surface area (Å²) >= 11 is 0. The van der Waals surface area contributed by atoms with Crippen molar-refractivity contribution in [2.75, 3.05) is 0 Å². The van der Waals surface area contributed by atoms with Gasteiger partial charge >= 0.3 is 11.9 Å². The Balaban J connectivity index is -0.0000000633. The Morgan fingerprint density at radius 2 is 0.708 bits per heavy atom. The number of nitrogens with two attached hydrogens (primary N) is 10. The fourth-order valence-electron chi connectivity index (χ4n) is 0. The van der Waals surface area contributed by atoms with Crippen molar-refractivity contribution in [1.82, 2.24) is 0 Å². The first kappa shape index (κ1) is 31.8. The van der Waals surface area contributed by atoms with Crippen LogP contribution in [0.2, 0.25) is 0 Å². The van der Waals surface area contributed by atoms with Gasteiger partial charge in [0.2, 0.25) is 11.9 Å². The minimum absolute atomic E-state index is 0.0926. The van der Waals surface area contributed by atoms with Gasteiger partial charge in [-0.3, -0.25) is 10.8 Å². The van der Waals surface area contributed by atoms with Gasteiger partial charge in [-0.15, -0.1) is 10.2 Å². The summed E-state index contributed by atoms with van der Waals surface area (Å²) in [7, 11) is 0. The van der Waals surface area contributed by atoms with Crippen LogP contribution in [0, 0.1) is 10.8 Å². The molecule has 0 spiro atoms. The van der Waals surface area contributed by atoms with Crippen LogP contribution in [-0.4, -0.2) is 46.0 Å². The first-order chi connectivity index (χ1) is 10.6. The summed E-state index contributed by atoms with van der Waals surface area (Å²) in [5.41, 5.74) is 36.7. The molecular weight excluding hydrogens is 332 g/mol. The standard InChI is InChI=1S/C2H2O4.2CH6N4.2CH5N3/c3-1(4)2(5)6;2*2-1(3)5-4;2*2-1(3)4/h(H,3,4)(H,5,6);2*4H2,(H4,2,3,5);2*(H5,2,3,4). The van der Waals surface area contributed by atoms with E-state index in [1.54, 1.807) is 0 Å². The second kappa shape index (κ2) is 23.7. The third-order valence-corrected chi connectivity index (χ3v) is 0.481. The highest BCUT2D eigenvalue weighted by Gasteiger charge is 2.04. The van der Waals surface area contributed by atoms with Crippen molar-refractivity contribution in [3.05, 3.63) is 0 Å². The topological polar surface area (TPSA) is 407 Å². The first-order valence-corrected chi connectivity index (χ1v) is 4.88. The lowest BCUT2D eigenvalue weighted by Gasteiger charge is -1.76. The summed E-state index contributed by atoms with van der Waals surface area (Å²) in [4.78, 5) is 18.2. The van der Waals surface area contributed by atoms with Gasteiger partial charge in [0.25, 0.3) is 0 Å². The van der Waals surface area contributed by atoms with E-state index in [0.29, 0.717) is 0 Å². The molecule has 0 saturated heterocycles. The number of nitrogens with one attached hydrogen (secondary N) is 2. The van der Waals surface area contributed by atoms with E-state index in [1.807, 2.05) is 0 Å². The molecule has 0 fully saturated rings. The molecule has 0 aliphatic heterocycles. The maximum atomic E-state index is 9.10. The Bertz CT molecular complexity index is 375. The summed E-state index contributed by atoms with van der Waals surface area (Å²) < 4.78 is 0. The van der Waals surface area contributed by atoms with Gasteiger partial charge in [0.05, 0.1) is 0 Å². The molecule has 24 N–H and O–H groups in total. The number of carboxylic acid groups (broad SMARTS) is 2. The fraction of sp³-hybridized carbons (Fsp3) is 0. The van der Waals surface area contributed by atoms with Gasteiger partial charge < -0.3 is 67.8 Å². The van der Waals surface area contributed by atoms with Gasteiger partial charge in [-0.1, -0.05) is 0 Å². The van der Waals surface area contributed by atoms with Crippen LogP contribution >= 0.6 is 0 Å². The normalized spacial score (nSPS) is 6.50. The van der Waals surface area contributed by atoms with Crippen LogP contribution in [0.1, 0.15) is 0 Å². The monoisotopic (exact) mass is 356 g/mol. The summed E-state index contributed by atoms with van der Waals surface area (Å²) in [6.07, 6.45) is 0. The lowest BCUT2D eigenvalue weighted by Crippen LogP contribution is -2.23. The smallest absolute Gasteiger partial charge is 0.414 e. The number of hydrazone groups is 2. The second-order valence-corrected chi connectivity index (χ2v) is 2.63. The van der Waals surface area contributed by atoms with E-state index in [2.05, 4.69) is 44.8 Å². The Hall–Kier alpha value is -4.38. The Kier molecular flexibility index (Phi) is 31.4. The van der Waals surface area contributed by atoms with E-state index >= 15 is 0 Å². The van der Waals surface area contributed by atoms with Gasteiger partial charge in [-0.2, -0.15) is 0 Å². The van der Waals surface area contributed by atoms with Gasteiger partial charge in [0.1, 0.15) is 0 Å². The van der Waals surface area contributed by atoms with Crippen LogP contribution in [0.4, 0.5) is 0 Å². The van der Waals surface area contributed by atoms with Crippen molar-refractivity contribution in [1.29, 1.82) is 10.8 Å². The lowest BCUT2D eigenvalue weighted by atomic mass is 10.7. The van der Waals surface area contributed by atoms with Crippen molar-refractivity contribution in [3.8, 4) is 0 Å². The Morgan fingerprint density at radius 1 is 0.625 bits per heavy atom. The summed E-state index contributed by atoms with van der Waals surface area (Å²) in [6.45, 7) is 0. The number of carboxylic acids is 2. The zero-order chi connectivity index (χ0) is 20.9. The molecule has 142 valence electrons. The molecular formula is C6H24N14O4. The predicted octanol–water partition coefficient (Wildman–Crippen LogP) is -6.90. The van der Waals surface area contributed by atoms with E-state index < -0.39 is 11.9 Å². The highest BCUT2D eigenvalue weighted by Crippen LogP contribution is 1.56. The minimum Gasteiger partial charge on any atom is -0.473 e. The molecule has 0 bridgehead atoms. The highest BCUT2D eigenvalue weighted by atomic mass is 16.4. The maximum Gasteiger partial charge on any atom is 0.414 e. The molecule has 0 unspecified atom stereocenters. The van der Waals surface area contributed by atoms with Gasteiger partial charge in [-0.25, -0.2) is 9.59 Å². The van der Waals surface area contributed by atoms with Gasteiger partial charge in [0.15, 0.2) is 11.9 Å². The Labute approximate surface area is 135 Å². The fourth-order valence-corrected chi connectivity index (χ4v) is 0. The molecule has 0 aromatic carbocycles. The number of hydrogen-bond donors (Lipinski definition) is 14. The molecule has 0 aliphatic carbocycles.